The number of hydrogen-bond donors (Lipinski definition) is 0. The van der Waals surface area contributed by atoms with E-state index in [9.17, 15) is 17.6 Å². The van der Waals surface area contributed by atoms with Gasteiger partial charge in [-0.05, 0) is 77.8 Å². The molecule has 3 aromatic carbocycles. The van der Waals surface area contributed by atoms with Crippen molar-refractivity contribution in [1.82, 2.24) is 0 Å². The molecule has 1 aliphatic carbocycles. The maximum atomic E-state index is 14.4. The highest BCUT2D eigenvalue weighted by atomic mass is 19.2. The van der Waals surface area contributed by atoms with Gasteiger partial charge in [-0.1, -0.05) is 37.6 Å². The summed E-state index contributed by atoms with van der Waals surface area (Å²) in [7, 11) is 0. The minimum absolute atomic E-state index is 0.00774. The first-order valence-electron chi connectivity index (χ1n) is 9.85. The molecule has 0 spiro atoms. The zero-order valence-electron chi connectivity index (χ0n) is 15.7. The first-order valence-corrected chi connectivity index (χ1v) is 9.85. The highest BCUT2D eigenvalue weighted by Gasteiger charge is 2.21. The average Bonchev–Trinajstić information content (AvgIpc) is 2.72. The molecule has 0 nitrogen and oxygen atoms in total. The van der Waals surface area contributed by atoms with Crippen LogP contribution in [0.2, 0.25) is 0 Å². The lowest BCUT2D eigenvalue weighted by atomic mass is 9.77. The van der Waals surface area contributed by atoms with Gasteiger partial charge in [0, 0.05) is 0 Å². The molecule has 0 unspecified atom stereocenters. The number of halogens is 4. The number of fused-ring (bicyclic) bond motifs is 1. The van der Waals surface area contributed by atoms with E-state index in [1.165, 1.54) is 49.8 Å². The molecule has 1 saturated carbocycles. The fourth-order valence-corrected chi connectivity index (χ4v) is 4.41. The third kappa shape index (κ3) is 3.41. The normalized spacial score (nSPS) is 19.9. The number of rotatable bonds is 3. The van der Waals surface area contributed by atoms with Crippen LogP contribution in [0.25, 0.3) is 21.9 Å². The van der Waals surface area contributed by atoms with Crippen LogP contribution in [0.3, 0.4) is 0 Å². The molecular weight excluding hydrogens is 364 g/mol. The second kappa shape index (κ2) is 7.57. The first-order chi connectivity index (χ1) is 13.5. The average molecular weight is 386 g/mol. The molecule has 0 radical (unpaired) electrons. The standard InChI is InChI=1S/C24H22F4/c1-2-14-3-5-15(6-4-14)16-7-9-17(10-8-16)18-11-19-13-21(26)23(27)24(28)22(19)20(25)12-18/h7-15H,2-6H2,1H3. The second-order valence-corrected chi connectivity index (χ2v) is 7.79. The van der Waals surface area contributed by atoms with Gasteiger partial charge in [0.2, 0.25) is 0 Å². The Morgan fingerprint density at radius 1 is 0.750 bits per heavy atom. The van der Waals surface area contributed by atoms with Gasteiger partial charge in [0.05, 0.1) is 5.39 Å². The van der Waals surface area contributed by atoms with Gasteiger partial charge in [-0.25, -0.2) is 17.6 Å². The summed E-state index contributed by atoms with van der Waals surface area (Å²) in [6, 6.07) is 11.4. The number of benzene rings is 3. The minimum Gasteiger partial charge on any atom is -0.206 e. The van der Waals surface area contributed by atoms with Crippen molar-refractivity contribution in [1.29, 1.82) is 0 Å². The van der Waals surface area contributed by atoms with Crippen molar-refractivity contribution in [2.75, 3.05) is 0 Å². The van der Waals surface area contributed by atoms with Crippen molar-refractivity contribution < 1.29 is 17.6 Å². The van der Waals surface area contributed by atoms with Crippen LogP contribution in [-0.4, -0.2) is 0 Å². The highest BCUT2D eigenvalue weighted by Crippen LogP contribution is 2.38. The topological polar surface area (TPSA) is 0 Å². The van der Waals surface area contributed by atoms with Crippen LogP contribution in [0.15, 0.2) is 42.5 Å². The van der Waals surface area contributed by atoms with Crippen LogP contribution in [0.5, 0.6) is 0 Å². The molecule has 28 heavy (non-hydrogen) atoms. The van der Waals surface area contributed by atoms with Crippen LogP contribution in [0, 0.1) is 29.2 Å². The summed E-state index contributed by atoms with van der Waals surface area (Å²) in [5.41, 5.74) is 2.55. The molecule has 0 aliphatic heterocycles. The molecule has 0 atom stereocenters. The summed E-state index contributed by atoms with van der Waals surface area (Å²) >= 11 is 0. The molecule has 0 bridgehead atoms. The lowest BCUT2D eigenvalue weighted by Gasteiger charge is -2.28. The summed E-state index contributed by atoms with van der Waals surface area (Å²) in [5.74, 6) is -3.97. The predicted octanol–water partition coefficient (Wildman–Crippen LogP) is 7.75. The van der Waals surface area contributed by atoms with Crippen molar-refractivity contribution >= 4 is 10.8 Å². The van der Waals surface area contributed by atoms with E-state index in [0.717, 1.165) is 17.5 Å². The maximum Gasteiger partial charge on any atom is 0.195 e. The third-order valence-corrected chi connectivity index (χ3v) is 6.16. The minimum atomic E-state index is -1.65. The van der Waals surface area contributed by atoms with Gasteiger partial charge >= 0.3 is 0 Å². The van der Waals surface area contributed by atoms with Crippen molar-refractivity contribution in [3.8, 4) is 11.1 Å². The molecule has 4 rings (SSSR count). The third-order valence-electron chi connectivity index (χ3n) is 6.16. The summed E-state index contributed by atoms with van der Waals surface area (Å²) in [6.45, 7) is 2.24. The lowest BCUT2D eigenvalue weighted by Crippen LogP contribution is -2.12. The Morgan fingerprint density at radius 3 is 2.07 bits per heavy atom. The first kappa shape index (κ1) is 19.0. The van der Waals surface area contributed by atoms with E-state index in [0.29, 0.717) is 11.5 Å². The SMILES string of the molecule is CCC1CCC(c2ccc(-c3cc(F)c4c(F)c(F)c(F)cc4c3)cc2)CC1. The van der Waals surface area contributed by atoms with E-state index in [1.807, 2.05) is 12.1 Å². The molecule has 0 saturated heterocycles. The molecule has 3 aromatic rings. The second-order valence-electron chi connectivity index (χ2n) is 7.79. The molecule has 146 valence electrons. The van der Waals surface area contributed by atoms with E-state index in [2.05, 4.69) is 19.1 Å². The van der Waals surface area contributed by atoms with Gasteiger partial charge < -0.3 is 0 Å². The largest absolute Gasteiger partial charge is 0.206 e. The van der Waals surface area contributed by atoms with Gasteiger partial charge in [0.1, 0.15) is 5.82 Å². The Balaban J connectivity index is 1.64. The summed E-state index contributed by atoms with van der Waals surface area (Å²) in [5, 5.41) is -0.514. The lowest BCUT2D eigenvalue weighted by molar-refractivity contribution is 0.319. The van der Waals surface area contributed by atoms with Gasteiger partial charge in [-0.3, -0.25) is 0 Å². The van der Waals surface area contributed by atoms with Crippen LogP contribution < -0.4 is 0 Å². The molecule has 0 aromatic heterocycles. The summed E-state index contributed by atoms with van der Waals surface area (Å²) in [4.78, 5) is 0. The Bertz CT molecular complexity index is 1000. The Morgan fingerprint density at radius 2 is 1.43 bits per heavy atom. The molecule has 0 N–H and O–H groups in total. The Kier molecular flexibility index (Phi) is 5.13. The monoisotopic (exact) mass is 386 g/mol. The summed E-state index contributed by atoms with van der Waals surface area (Å²) in [6.07, 6.45) is 6.13. The Labute approximate surface area is 162 Å². The van der Waals surface area contributed by atoms with E-state index in [4.69, 9.17) is 0 Å². The summed E-state index contributed by atoms with van der Waals surface area (Å²) < 4.78 is 55.3. The van der Waals surface area contributed by atoms with Crippen LogP contribution in [0.1, 0.15) is 50.5 Å². The van der Waals surface area contributed by atoms with Gasteiger partial charge in [-0.15, -0.1) is 0 Å². The van der Waals surface area contributed by atoms with Crippen molar-refractivity contribution in [2.24, 2.45) is 5.92 Å². The van der Waals surface area contributed by atoms with E-state index in [-0.39, 0.29) is 5.39 Å². The van der Waals surface area contributed by atoms with Gasteiger partial charge in [0.15, 0.2) is 17.5 Å². The Hall–Kier alpha value is -2.36. The quantitative estimate of drug-likeness (QED) is 0.319. The smallest absolute Gasteiger partial charge is 0.195 e. The molecule has 1 fully saturated rings. The zero-order chi connectivity index (χ0) is 19.8. The molecular formula is C24H22F4. The van der Waals surface area contributed by atoms with Crippen molar-refractivity contribution in [3.05, 3.63) is 71.3 Å². The van der Waals surface area contributed by atoms with Crippen molar-refractivity contribution in [2.45, 2.75) is 44.9 Å². The molecule has 1 aliphatic rings. The van der Waals surface area contributed by atoms with Gasteiger partial charge in [0.25, 0.3) is 0 Å². The van der Waals surface area contributed by atoms with Crippen LogP contribution >= 0.6 is 0 Å². The van der Waals surface area contributed by atoms with E-state index >= 15 is 0 Å². The van der Waals surface area contributed by atoms with E-state index in [1.54, 1.807) is 0 Å². The molecule has 4 heteroatoms. The van der Waals surface area contributed by atoms with Gasteiger partial charge in [-0.2, -0.15) is 0 Å². The van der Waals surface area contributed by atoms with E-state index < -0.39 is 28.7 Å². The predicted molar refractivity (Wildman–Crippen MR) is 104 cm³/mol. The van der Waals surface area contributed by atoms with Crippen molar-refractivity contribution in [3.63, 3.8) is 0 Å². The fourth-order valence-electron chi connectivity index (χ4n) is 4.41. The van der Waals surface area contributed by atoms with Crippen LogP contribution in [0.4, 0.5) is 17.6 Å². The molecule has 0 amide bonds. The maximum absolute atomic E-state index is 14.4. The fraction of sp³-hybridized carbons (Fsp3) is 0.333. The highest BCUT2D eigenvalue weighted by molar-refractivity contribution is 5.88. The number of hydrogen-bond acceptors (Lipinski definition) is 0. The molecule has 0 heterocycles. The zero-order valence-corrected chi connectivity index (χ0v) is 15.7. The van der Waals surface area contributed by atoms with Crippen LogP contribution in [-0.2, 0) is 0 Å².